The van der Waals surface area contributed by atoms with Crippen molar-refractivity contribution in [3.8, 4) is 11.5 Å². The zero-order valence-electron chi connectivity index (χ0n) is 11.9. The molecule has 108 valence electrons. The summed E-state index contributed by atoms with van der Waals surface area (Å²) in [6.45, 7) is 2.28. The van der Waals surface area contributed by atoms with Crippen LogP contribution in [0.15, 0.2) is 36.5 Å². The van der Waals surface area contributed by atoms with E-state index in [1.54, 1.807) is 7.11 Å². The molecule has 0 bridgehead atoms. The molecule has 0 amide bonds. The van der Waals surface area contributed by atoms with Gasteiger partial charge in [0.1, 0.15) is 18.1 Å². The van der Waals surface area contributed by atoms with Gasteiger partial charge in [0.25, 0.3) is 0 Å². The molecule has 2 N–H and O–H groups in total. The van der Waals surface area contributed by atoms with E-state index in [9.17, 15) is 0 Å². The smallest absolute Gasteiger partial charge is 0.184 e. The van der Waals surface area contributed by atoms with E-state index in [1.807, 2.05) is 47.9 Å². The highest BCUT2D eigenvalue weighted by Crippen LogP contribution is 2.20. The highest BCUT2D eigenvalue weighted by atomic mass is 16.5. The number of nitrogens with zero attached hydrogens (tertiary/aromatic N) is 3. The predicted octanol–water partition coefficient (Wildman–Crippen LogP) is 2.21. The van der Waals surface area contributed by atoms with Crippen LogP contribution in [0.5, 0.6) is 11.5 Å². The summed E-state index contributed by atoms with van der Waals surface area (Å²) >= 11 is 0. The van der Waals surface area contributed by atoms with Gasteiger partial charge in [-0.05, 0) is 30.7 Å². The SMILES string of the molecule is COc1cccc(OCc2nnc3c(N)cc(C)cn23)c1. The normalized spacial score (nSPS) is 10.8. The minimum atomic E-state index is 0.303. The molecule has 0 aliphatic rings. The van der Waals surface area contributed by atoms with Crippen LogP contribution in [0.3, 0.4) is 0 Å². The van der Waals surface area contributed by atoms with Crippen molar-refractivity contribution in [3.63, 3.8) is 0 Å². The van der Waals surface area contributed by atoms with Gasteiger partial charge in [-0.3, -0.25) is 4.40 Å². The Morgan fingerprint density at radius 3 is 2.81 bits per heavy atom. The molecule has 0 saturated heterocycles. The van der Waals surface area contributed by atoms with Crippen LogP contribution in [0.1, 0.15) is 11.4 Å². The Kier molecular flexibility index (Phi) is 3.35. The first-order valence-corrected chi connectivity index (χ1v) is 6.54. The topological polar surface area (TPSA) is 74.7 Å². The first-order chi connectivity index (χ1) is 10.2. The fourth-order valence-electron chi connectivity index (χ4n) is 2.14. The number of nitrogens with two attached hydrogens (primary N) is 1. The van der Waals surface area contributed by atoms with Gasteiger partial charge in [-0.2, -0.15) is 0 Å². The summed E-state index contributed by atoms with van der Waals surface area (Å²) < 4.78 is 12.8. The third-order valence-electron chi connectivity index (χ3n) is 3.15. The highest BCUT2D eigenvalue weighted by molar-refractivity contribution is 5.64. The number of hydrogen-bond acceptors (Lipinski definition) is 5. The second-order valence-corrected chi connectivity index (χ2v) is 4.75. The molecule has 6 heteroatoms. The average Bonchev–Trinajstić information content (AvgIpc) is 2.88. The Bertz CT molecular complexity index is 782. The Balaban J connectivity index is 1.85. The lowest BCUT2D eigenvalue weighted by molar-refractivity contribution is 0.292. The molecular weight excluding hydrogens is 268 g/mol. The number of rotatable bonds is 4. The quantitative estimate of drug-likeness (QED) is 0.795. The number of nitrogen functional groups attached to an aromatic ring is 1. The van der Waals surface area contributed by atoms with Crippen molar-refractivity contribution >= 4 is 11.3 Å². The van der Waals surface area contributed by atoms with E-state index in [1.165, 1.54) is 0 Å². The van der Waals surface area contributed by atoms with Gasteiger partial charge < -0.3 is 15.2 Å². The maximum absolute atomic E-state index is 5.93. The fourth-order valence-corrected chi connectivity index (χ4v) is 2.14. The van der Waals surface area contributed by atoms with E-state index in [0.717, 1.165) is 11.3 Å². The minimum Gasteiger partial charge on any atom is -0.497 e. The maximum atomic E-state index is 5.93. The first kappa shape index (κ1) is 13.2. The summed E-state index contributed by atoms with van der Waals surface area (Å²) in [4.78, 5) is 0. The molecule has 0 aliphatic carbocycles. The minimum absolute atomic E-state index is 0.303. The van der Waals surface area contributed by atoms with Gasteiger partial charge in [0, 0.05) is 12.3 Å². The summed E-state index contributed by atoms with van der Waals surface area (Å²) in [7, 11) is 1.62. The number of anilines is 1. The number of ether oxygens (including phenoxy) is 2. The van der Waals surface area contributed by atoms with Crippen LogP contribution in [0.25, 0.3) is 5.65 Å². The average molecular weight is 284 g/mol. The van der Waals surface area contributed by atoms with E-state index in [2.05, 4.69) is 10.2 Å². The van der Waals surface area contributed by atoms with Crippen molar-refractivity contribution in [3.05, 3.63) is 47.9 Å². The van der Waals surface area contributed by atoms with E-state index in [0.29, 0.717) is 29.5 Å². The number of fused-ring (bicyclic) bond motifs is 1. The lowest BCUT2D eigenvalue weighted by Crippen LogP contribution is -2.03. The van der Waals surface area contributed by atoms with Crippen LogP contribution < -0.4 is 15.2 Å². The standard InChI is InChI=1S/C15H16N4O2/c1-10-6-13(16)15-18-17-14(19(15)8-10)9-21-12-5-3-4-11(7-12)20-2/h3-8H,9,16H2,1-2H3. The molecule has 21 heavy (non-hydrogen) atoms. The van der Waals surface area contributed by atoms with Gasteiger partial charge in [0.2, 0.25) is 0 Å². The Morgan fingerprint density at radius 1 is 1.19 bits per heavy atom. The van der Waals surface area contributed by atoms with Crippen LogP contribution in [0, 0.1) is 6.92 Å². The van der Waals surface area contributed by atoms with Crippen molar-refractivity contribution in [2.75, 3.05) is 12.8 Å². The lowest BCUT2D eigenvalue weighted by Gasteiger charge is -2.07. The summed E-state index contributed by atoms with van der Waals surface area (Å²) in [6.07, 6.45) is 1.94. The third-order valence-corrected chi connectivity index (χ3v) is 3.15. The molecule has 0 aliphatic heterocycles. The maximum Gasteiger partial charge on any atom is 0.184 e. The second-order valence-electron chi connectivity index (χ2n) is 4.75. The molecule has 0 atom stereocenters. The van der Waals surface area contributed by atoms with Crippen molar-refractivity contribution in [2.45, 2.75) is 13.5 Å². The van der Waals surface area contributed by atoms with Gasteiger partial charge in [0.05, 0.1) is 12.8 Å². The van der Waals surface area contributed by atoms with Crippen LogP contribution in [-0.4, -0.2) is 21.7 Å². The van der Waals surface area contributed by atoms with Crippen molar-refractivity contribution in [1.82, 2.24) is 14.6 Å². The zero-order valence-corrected chi connectivity index (χ0v) is 11.9. The number of aromatic nitrogens is 3. The van der Waals surface area contributed by atoms with Gasteiger partial charge >= 0.3 is 0 Å². The molecule has 2 heterocycles. The molecule has 3 aromatic rings. The lowest BCUT2D eigenvalue weighted by atomic mass is 10.3. The molecule has 6 nitrogen and oxygen atoms in total. The molecule has 0 radical (unpaired) electrons. The highest BCUT2D eigenvalue weighted by Gasteiger charge is 2.09. The summed E-state index contributed by atoms with van der Waals surface area (Å²) in [5.74, 6) is 2.16. The molecule has 0 unspecified atom stereocenters. The van der Waals surface area contributed by atoms with Crippen molar-refractivity contribution < 1.29 is 9.47 Å². The third kappa shape index (κ3) is 2.60. The molecule has 2 aromatic heterocycles. The fraction of sp³-hybridized carbons (Fsp3) is 0.200. The summed E-state index contributed by atoms with van der Waals surface area (Å²) in [5.41, 5.74) is 8.23. The molecule has 3 rings (SSSR count). The number of hydrogen-bond donors (Lipinski definition) is 1. The molecule has 1 aromatic carbocycles. The first-order valence-electron chi connectivity index (χ1n) is 6.54. The second kappa shape index (κ2) is 5.32. The van der Waals surface area contributed by atoms with E-state index >= 15 is 0 Å². The van der Waals surface area contributed by atoms with Crippen LogP contribution in [0.4, 0.5) is 5.69 Å². The molecular formula is C15H16N4O2. The number of pyridine rings is 1. The van der Waals surface area contributed by atoms with Crippen molar-refractivity contribution in [1.29, 1.82) is 0 Å². The Hall–Kier alpha value is -2.76. The number of methoxy groups -OCH3 is 1. The van der Waals surface area contributed by atoms with E-state index in [4.69, 9.17) is 15.2 Å². The zero-order chi connectivity index (χ0) is 14.8. The van der Waals surface area contributed by atoms with Gasteiger partial charge in [-0.1, -0.05) is 6.07 Å². The molecule has 0 fully saturated rings. The van der Waals surface area contributed by atoms with E-state index < -0.39 is 0 Å². The monoisotopic (exact) mass is 284 g/mol. The summed E-state index contributed by atoms with van der Waals surface area (Å²) in [5, 5.41) is 8.22. The van der Waals surface area contributed by atoms with Gasteiger partial charge in [0.15, 0.2) is 11.5 Å². The van der Waals surface area contributed by atoms with E-state index in [-0.39, 0.29) is 0 Å². The summed E-state index contributed by atoms with van der Waals surface area (Å²) in [6, 6.07) is 9.30. The predicted molar refractivity (Wildman–Crippen MR) is 79.5 cm³/mol. The van der Waals surface area contributed by atoms with Gasteiger partial charge in [-0.25, -0.2) is 0 Å². The van der Waals surface area contributed by atoms with Gasteiger partial charge in [-0.15, -0.1) is 10.2 Å². The van der Waals surface area contributed by atoms with Crippen LogP contribution >= 0.6 is 0 Å². The van der Waals surface area contributed by atoms with Crippen molar-refractivity contribution in [2.24, 2.45) is 0 Å². The Labute approximate surface area is 122 Å². The van der Waals surface area contributed by atoms with Crippen LogP contribution in [0.2, 0.25) is 0 Å². The van der Waals surface area contributed by atoms with Crippen LogP contribution in [-0.2, 0) is 6.61 Å². The largest absolute Gasteiger partial charge is 0.497 e. The molecule has 0 spiro atoms. The number of benzene rings is 1. The molecule has 0 saturated carbocycles. The number of aryl methyl sites for hydroxylation is 1. The Morgan fingerprint density at radius 2 is 2.00 bits per heavy atom.